The van der Waals surface area contributed by atoms with Gasteiger partial charge in [0.2, 0.25) is 0 Å². The van der Waals surface area contributed by atoms with Gasteiger partial charge in [0.25, 0.3) is 0 Å². The van der Waals surface area contributed by atoms with Crippen LogP contribution < -0.4 is 0 Å². The van der Waals surface area contributed by atoms with Gasteiger partial charge >= 0.3 is 0 Å². The Morgan fingerprint density at radius 2 is 2.11 bits per heavy atom. The lowest BCUT2D eigenvalue weighted by Gasteiger charge is -2.23. The molecule has 104 valence electrons. The minimum absolute atomic E-state index is 0.0721. The number of hydrogen-bond acceptors (Lipinski definition) is 4. The summed E-state index contributed by atoms with van der Waals surface area (Å²) in [4.78, 5) is 2.26. The fourth-order valence-corrected chi connectivity index (χ4v) is 3.03. The smallest absolute Gasteiger partial charge is 0.179 e. The van der Waals surface area contributed by atoms with Crippen molar-refractivity contribution >= 4 is 9.84 Å². The van der Waals surface area contributed by atoms with Crippen LogP contribution in [0.5, 0.6) is 0 Å². The molecule has 0 aliphatic carbocycles. The molecule has 0 spiro atoms. The van der Waals surface area contributed by atoms with Gasteiger partial charge in [0.15, 0.2) is 9.84 Å². The molecule has 1 unspecified atom stereocenters. The number of nitrogens with zero attached hydrogens (tertiary/aromatic N) is 2. The highest BCUT2D eigenvalue weighted by molar-refractivity contribution is 7.91. The first-order chi connectivity index (χ1) is 8.90. The van der Waals surface area contributed by atoms with E-state index in [1.807, 2.05) is 18.0 Å². The molecule has 1 atom stereocenters. The summed E-state index contributed by atoms with van der Waals surface area (Å²) in [6, 6.07) is 8.49. The van der Waals surface area contributed by atoms with E-state index in [9.17, 15) is 8.42 Å². The number of benzene rings is 1. The van der Waals surface area contributed by atoms with Gasteiger partial charge in [-0.05, 0) is 38.6 Å². The largest absolute Gasteiger partial charge is 0.303 e. The molecule has 0 radical (unpaired) electrons. The lowest BCUT2D eigenvalue weighted by molar-refractivity contribution is 0.266. The zero-order valence-corrected chi connectivity index (χ0v) is 12.4. The summed E-state index contributed by atoms with van der Waals surface area (Å²) in [7, 11) is -1.40. The van der Waals surface area contributed by atoms with E-state index in [4.69, 9.17) is 5.26 Å². The van der Waals surface area contributed by atoms with E-state index in [-0.39, 0.29) is 10.6 Å². The predicted octanol–water partition coefficient (Wildman–Crippen LogP) is 2.06. The van der Waals surface area contributed by atoms with Gasteiger partial charge in [-0.25, -0.2) is 8.42 Å². The molecule has 4 nitrogen and oxygen atoms in total. The van der Waals surface area contributed by atoms with Gasteiger partial charge in [0.05, 0.1) is 22.3 Å². The molecule has 1 rings (SSSR count). The Morgan fingerprint density at radius 3 is 2.68 bits per heavy atom. The van der Waals surface area contributed by atoms with Crippen molar-refractivity contribution in [1.29, 1.82) is 5.26 Å². The molecule has 1 aromatic rings. The van der Waals surface area contributed by atoms with Crippen molar-refractivity contribution in [1.82, 2.24) is 4.90 Å². The Balaban J connectivity index is 2.79. The lowest BCUT2D eigenvalue weighted by atomic mass is 10.2. The number of rotatable bonds is 6. The van der Waals surface area contributed by atoms with Gasteiger partial charge in [-0.15, -0.1) is 0 Å². The fourth-order valence-electron chi connectivity index (χ4n) is 1.67. The van der Waals surface area contributed by atoms with Crippen LogP contribution >= 0.6 is 0 Å². The summed E-state index contributed by atoms with van der Waals surface area (Å²) < 4.78 is 24.4. The maximum atomic E-state index is 12.2. The van der Waals surface area contributed by atoms with E-state index < -0.39 is 9.84 Å². The minimum atomic E-state index is -3.32. The van der Waals surface area contributed by atoms with E-state index in [2.05, 4.69) is 13.8 Å². The van der Waals surface area contributed by atoms with Crippen molar-refractivity contribution in [2.75, 3.05) is 19.3 Å². The highest BCUT2D eigenvalue weighted by atomic mass is 32.2. The molecule has 1 aromatic carbocycles. The van der Waals surface area contributed by atoms with Crippen molar-refractivity contribution in [2.45, 2.75) is 31.2 Å². The van der Waals surface area contributed by atoms with Crippen molar-refractivity contribution in [3.63, 3.8) is 0 Å². The second kappa shape index (κ2) is 6.69. The Labute approximate surface area is 115 Å². The van der Waals surface area contributed by atoms with Gasteiger partial charge in [-0.2, -0.15) is 5.26 Å². The van der Waals surface area contributed by atoms with Crippen LogP contribution in [0.15, 0.2) is 29.2 Å². The van der Waals surface area contributed by atoms with E-state index >= 15 is 0 Å². The third kappa shape index (κ3) is 4.34. The zero-order valence-electron chi connectivity index (χ0n) is 11.6. The van der Waals surface area contributed by atoms with Gasteiger partial charge in [0, 0.05) is 12.6 Å². The van der Waals surface area contributed by atoms with E-state index in [1.54, 1.807) is 18.2 Å². The Bertz CT molecular complexity index is 561. The summed E-state index contributed by atoms with van der Waals surface area (Å²) in [5.41, 5.74) is 0.372. The van der Waals surface area contributed by atoms with Crippen molar-refractivity contribution in [3.8, 4) is 6.07 Å². The summed E-state index contributed by atoms with van der Waals surface area (Å²) in [6.07, 6.45) is 0.987. The van der Waals surface area contributed by atoms with Gasteiger partial charge in [0.1, 0.15) is 0 Å². The molecule has 5 heteroatoms. The molecule has 0 heterocycles. The summed E-state index contributed by atoms with van der Waals surface area (Å²) in [6.45, 7) is 4.64. The third-order valence-corrected chi connectivity index (χ3v) is 5.07. The SMILES string of the molecule is CCC(C)N(C)CCS(=O)(=O)c1cccc(C#N)c1. The van der Waals surface area contributed by atoms with Crippen molar-refractivity contribution in [3.05, 3.63) is 29.8 Å². The van der Waals surface area contributed by atoms with Crippen LogP contribution in [0, 0.1) is 11.3 Å². The summed E-state index contributed by atoms with van der Waals surface area (Å²) in [5, 5.41) is 8.80. The number of sulfone groups is 1. The topological polar surface area (TPSA) is 61.2 Å². The van der Waals surface area contributed by atoms with Crippen LogP contribution in [0.3, 0.4) is 0 Å². The third-order valence-electron chi connectivity index (χ3n) is 3.38. The predicted molar refractivity (Wildman–Crippen MR) is 75.6 cm³/mol. The standard InChI is InChI=1S/C14H20N2O2S/c1-4-12(2)16(3)8-9-19(17,18)14-7-5-6-13(10-14)11-15/h5-7,10,12H,4,8-9H2,1-3H3. The average molecular weight is 280 g/mol. The Hall–Kier alpha value is -1.38. The lowest BCUT2D eigenvalue weighted by Crippen LogP contribution is -2.32. The average Bonchev–Trinajstić information content (AvgIpc) is 2.43. The van der Waals surface area contributed by atoms with Gasteiger partial charge < -0.3 is 4.90 Å². The zero-order chi connectivity index (χ0) is 14.5. The van der Waals surface area contributed by atoms with Crippen molar-refractivity contribution in [2.24, 2.45) is 0 Å². The first kappa shape index (κ1) is 15.7. The van der Waals surface area contributed by atoms with Crippen LogP contribution in [0.25, 0.3) is 0 Å². The first-order valence-corrected chi connectivity index (χ1v) is 7.99. The normalized spacial score (nSPS) is 13.2. The Morgan fingerprint density at radius 1 is 1.42 bits per heavy atom. The van der Waals surface area contributed by atoms with Crippen LogP contribution in [-0.4, -0.2) is 38.7 Å². The molecule has 0 fully saturated rings. The van der Waals surface area contributed by atoms with Gasteiger partial charge in [-0.1, -0.05) is 13.0 Å². The molecule has 0 N–H and O–H groups in total. The minimum Gasteiger partial charge on any atom is -0.303 e. The fraction of sp³-hybridized carbons (Fsp3) is 0.500. The number of hydrogen-bond donors (Lipinski definition) is 0. The molecule has 0 amide bonds. The summed E-state index contributed by atoms with van der Waals surface area (Å²) >= 11 is 0. The molecule has 0 saturated carbocycles. The van der Waals surface area contributed by atoms with Crippen LogP contribution in [-0.2, 0) is 9.84 Å². The van der Waals surface area contributed by atoms with E-state index in [0.717, 1.165) is 6.42 Å². The maximum Gasteiger partial charge on any atom is 0.179 e. The molecule has 0 saturated heterocycles. The van der Waals surface area contributed by atoms with Crippen LogP contribution in [0.1, 0.15) is 25.8 Å². The monoisotopic (exact) mass is 280 g/mol. The van der Waals surface area contributed by atoms with E-state index in [0.29, 0.717) is 18.2 Å². The van der Waals surface area contributed by atoms with E-state index in [1.165, 1.54) is 6.07 Å². The molecule has 0 bridgehead atoms. The molecular formula is C14H20N2O2S. The number of nitriles is 1. The van der Waals surface area contributed by atoms with Crippen molar-refractivity contribution < 1.29 is 8.42 Å². The molecule has 0 aliphatic rings. The summed E-state index contributed by atoms with van der Waals surface area (Å²) in [5.74, 6) is 0.0721. The molecular weight excluding hydrogens is 260 g/mol. The van der Waals surface area contributed by atoms with Gasteiger partial charge in [-0.3, -0.25) is 0 Å². The maximum absolute atomic E-state index is 12.2. The highest BCUT2D eigenvalue weighted by Gasteiger charge is 2.17. The molecule has 19 heavy (non-hydrogen) atoms. The first-order valence-electron chi connectivity index (χ1n) is 6.34. The van der Waals surface area contributed by atoms with Crippen LogP contribution in [0.4, 0.5) is 0 Å². The Kier molecular flexibility index (Phi) is 5.52. The molecule has 0 aliphatic heterocycles. The molecule has 0 aromatic heterocycles. The second-order valence-electron chi connectivity index (χ2n) is 4.70. The second-order valence-corrected chi connectivity index (χ2v) is 6.81. The highest BCUT2D eigenvalue weighted by Crippen LogP contribution is 2.13. The van der Waals surface area contributed by atoms with Crippen LogP contribution in [0.2, 0.25) is 0 Å². The quantitative estimate of drug-likeness (QED) is 0.800.